The number of nitrogens with zero attached hydrogens (tertiary/aromatic N) is 2. The van der Waals surface area contributed by atoms with Crippen molar-refractivity contribution in [2.75, 3.05) is 5.32 Å². The molecule has 0 saturated carbocycles. The van der Waals surface area contributed by atoms with Crippen LogP contribution in [0, 0.1) is 27.7 Å². The van der Waals surface area contributed by atoms with Crippen LogP contribution in [-0.4, -0.2) is 22.9 Å². The van der Waals surface area contributed by atoms with E-state index in [9.17, 15) is 18.0 Å². The summed E-state index contributed by atoms with van der Waals surface area (Å²) in [5.74, 6) is -0.415. The fourth-order valence-electron chi connectivity index (χ4n) is 2.90. The molecule has 152 valence electrons. The van der Waals surface area contributed by atoms with Gasteiger partial charge in [-0.3, -0.25) is 9.36 Å². The van der Waals surface area contributed by atoms with Crippen LogP contribution in [0.2, 0.25) is 0 Å². The third kappa shape index (κ3) is 4.17. The van der Waals surface area contributed by atoms with Crippen LogP contribution in [0.3, 0.4) is 0 Å². The molecule has 7 nitrogen and oxygen atoms in total. The maximum atomic E-state index is 12.8. The molecule has 0 bridgehead atoms. The van der Waals surface area contributed by atoms with Crippen LogP contribution in [0.4, 0.5) is 5.69 Å². The van der Waals surface area contributed by atoms with Crippen molar-refractivity contribution < 1.29 is 13.2 Å². The molecule has 2 aromatic carbocycles. The summed E-state index contributed by atoms with van der Waals surface area (Å²) in [6.07, 6.45) is 2.46. The first-order valence-corrected chi connectivity index (χ1v) is 10.5. The van der Waals surface area contributed by atoms with E-state index in [1.807, 2.05) is 39.0 Å². The first-order valence-electron chi connectivity index (χ1n) is 9.07. The number of rotatable bonds is 5. The van der Waals surface area contributed by atoms with E-state index in [0.29, 0.717) is 9.66 Å². The molecule has 1 heterocycles. The van der Waals surface area contributed by atoms with Crippen molar-refractivity contribution in [3.8, 4) is 0 Å². The summed E-state index contributed by atoms with van der Waals surface area (Å²) in [4.78, 5) is 25.0. The van der Waals surface area contributed by atoms with Crippen molar-refractivity contribution in [1.29, 1.82) is 0 Å². The lowest BCUT2D eigenvalue weighted by atomic mass is 10.1. The van der Waals surface area contributed by atoms with E-state index in [0.717, 1.165) is 33.0 Å². The summed E-state index contributed by atoms with van der Waals surface area (Å²) in [7, 11) is -4.04. The highest BCUT2D eigenvalue weighted by atomic mass is 32.2. The Labute approximate surface area is 169 Å². The summed E-state index contributed by atoms with van der Waals surface area (Å²) >= 11 is 0. The van der Waals surface area contributed by atoms with Gasteiger partial charge in [0.1, 0.15) is 6.54 Å². The first-order chi connectivity index (χ1) is 13.6. The fourth-order valence-corrected chi connectivity index (χ4v) is 4.22. The van der Waals surface area contributed by atoms with Gasteiger partial charge in [0.25, 0.3) is 10.0 Å². The lowest BCUT2D eigenvalue weighted by Gasteiger charge is -2.10. The van der Waals surface area contributed by atoms with E-state index in [1.54, 1.807) is 13.0 Å². The van der Waals surface area contributed by atoms with Crippen LogP contribution >= 0.6 is 0 Å². The molecule has 0 unspecified atom stereocenters. The third-order valence-electron chi connectivity index (χ3n) is 4.83. The molecule has 1 N–H and O–H groups in total. The summed E-state index contributed by atoms with van der Waals surface area (Å²) in [6, 6.07) is 10.4. The molecular formula is C21H23N3O4S. The van der Waals surface area contributed by atoms with Crippen molar-refractivity contribution in [3.05, 3.63) is 81.5 Å². The van der Waals surface area contributed by atoms with Gasteiger partial charge in [0.15, 0.2) is 0 Å². The molecule has 8 heteroatoms. The Morgan fingerprint density at radius 2 is 1.62 bits per heavy atom. The van der Waals surface area contributed by atoms with Gasteiger partial charge in [0.2, 0.25) is 5.91 Å². The number of nitrogens with one attached hydrogen (secondary N) is 1. The Morgan fingerprint density at radius 1 is 0.931 bits per heavy atom. The molecular weight excluding hydrogens is 390 g/mol. The second-order valence-corrected chi connectivity index (χ2v) is 8.94. The highest BCUT2D eigenvalue weighted by Gasteiger charge is 2.21. The smallest absolute Gasteiger partial charge is 0.324 e. The molecule has 0 aliphatic rings. The number of aryl methyl sites for hydroxylation is 4. The van der Waals surface area contributed by atoms with Gasteiger partial charge in [0, 0.05) is 18.1 Å². The van der Waals surface area contributed by atoms with Gasteiger partial charge in [-0.1, -0.05) is 18.2 Å². The van der Waals surface area contributed by atoms with E-state index < -0.39 is 21.6 Å². The van der Waals surface area contributed by atoms with E-state index in [4.69, 9.17) is 0 Å². The highest BCUT2D eigenvalue weighted by molar-refractivity contribution is 7.90. The third-order valence-corrected chi connectivity index (χ3v) is 6.48. The molecule has 3 aromatic rings. The largest absolute Gasteiger partial charge is 0.342 e. The molecule has 29 heavy (non-hydrogen) atoms. The Kier molecular flexibility index (Phi) is 5.48. The van der Waals surface area contributed by atoms with Gasteiger partial charge in [-0.05, 0) is 68.1 Å². The standard InChI is InChI=1S/C21H23N3O4S/c1-14-5-6-16(3)19(11-14)22-20(25)13-23-9-10-24(21(23)26)29(27,28)18-8-7-15(2)17(4)12-18/h5-12H,13H2,1-4H3,(H,22,25). The predicted molar refractivity (Wildman–Crippen MR) is 112 cm³/mol. The zero-order valence-corrected chi connectivity index (χ0v) is 17.6. The molecule has 3 rings (SSSR count). The molecule has 1 aromatic heterocycles. The Hall–Kier alpha value is -3.13. The fraction of sp³-hybridized carbons (Fsp3) is 0.238. The number of benzene rings is 2. The minimum Gasteiger partial charge on any atom is -0.324 e. The minimum atomic E-state index is -4.04. The van der Waals surface area contributed by atoms with E-state index >= 15 is 0 Å². The van der Waals surface area contributed by atoms with E-state index in [1.165, 1.54) is 18.3 Å². The van der Waals surface area contributed by atoms with Gasteiger partial charge < -0.3 is 5.32 Å². The number of carbonyl (C=O) groups excluding carboxylic acids is 1. The molecule has 0 aliphatic carbocycles. The van der Waals surface area contributed by atoms with Gasteiger partial charge in [-0.2, -0.15) is 3.97 Å². The average Bonchev–Trinajstić information content (AvgIpc) is 3.01. The summed E-state index contributed by atoms with van der Waals surface area (Å²) < 4.78 is 27.4. The molecule has 0 aliphatic heterocycles. The molecule has 0 atom stereocenters. The Bertz CT molecular complexity index is 1250. The second-order valence-electron chi connectivity index (χ2n) is 7.12. The monoisotopic (exact) mass is 413 g/mol. The number of imidazole rings is 1. The van der Waals surface area contributed by atoms with Crippen LogP contribution < -0.4 is 11.0 Å². The SMILES string of the molecule is Cc1ccc(C)c(NC(=O)Cn2ccn(S(=O)(=O)c3ccc(C)c(C)c3)c2=O)c1. The average molecular weight is 413 g/mol. The van der Waals surface area contributed by atoms with Crippen LogP contribution in [0.1, 0.15) is 22.3 Å². The summed E-state index contributed by atoms with van der Waals surface area (Å²) in [5.41, 5.74) is 3.52. The molecule has 0 fully saturated rings. The summed E-state index contributed by atoms with van der Waals surface area (Å²) in [6.45, 7) is 7.18. The second kappa shape index (κ2) is 7.71. The lowest BCUT2D eigenvalue weighted by Crippen LogP contribution is -2.32. The number of amides is 1. The summed E-state index contributed by atoms with van der Waals surface area (Å²) in [5, 5.41) is 2.76. The topological polar surface area (TPSA) is 90.2 Å². The van der Waals surface area contributed by atoms with Crippen LogP contribution in [-0.2, 0) is 21.4 Å². The number of hydrogen-bond donors (Lipinski definition) is 1. The zero-order chi connectivity index (χ0) is 21.3. The quantitative estimate of drug-likeness (QED) is 0.696. The van der Waals surface area contributed by atoms with E-state index in [-0.39, 0.29) is 11.4 Å². The molecule has 0 spiro atoms. The Balaban J connectivity index is 1.85. The molecule has 0 saturated heterocycles. The number of anilines is 1. The Morgan fingerprint density at radius 3 is 2.31 bits per heavy atom. The predicted octanol–water partition coefficient (Wildman–Crippen LogP) is 2.76. The number of hydrogen-bond acceptors (Lipinski definition) is 4. The van der Waals surface area contributed by atoms with Crippen LogP contribution in [0.15, 0.2) is 58.5 Å². The van der Waals surface area contributed by atoms with Crippen LogP contribution in [0.25, 0.3) is 0 Å². The molecule has 1 amide bonds. The van der Waals surface area contributed by atoms with Crippen molar-refractivity contribution in [3.63, 3.8) is 0 Å². The number of aromatic nitrogens is 2. The van der Waals surface area contributed by atoms with Gasteiger partial charge in [-0.25, -0.2) is 13.2 Å². The maximum absolute atomic E-state index is 12.8. The zero-order valence-electron chi connectivity index (χ0n) is 16.8. The molecule has 0 radical (unpaired) electrons. The van der Waals surface area contributed by atoms with Crippen molar-refractivity contribution >= 4 is 21.6 Å². The van der Waals surface area contributed by atoms with Crippen molar-refractivity contribution in [2.24, 2.45) is 0 Å². The van der Waals surface area contributed by atoms with E-state index in [2.05, 4.69) is 5.32 Å². The van der Waals surface area contributed by atoms with Crippen LogP contribution in [0.5, 0.6) is 0 Å². The maximum Gasteiger partial charge on any atom is 0.342 e. The highest BCUT2D eigenvalue weighted by Crippen LogP contribution is 2.18. The first kappa shape index (κ1) is 20.6. The lowest BCUT2D eigenvalue weighted by molar-refractivity contribution is -0.116. The van der Waals surface area contributed by atoms with Crippen molar-refractivity contribution in [2.45, 2.75) is 39.1 Å². The van der Waals surface area contributed by atoms with Crippen molar-refractivity contribution in [1.82, 2.24) is 8.54 Å². The normalized spacial score (nSPS) is 11.4. The number of carbonyl (C=O) groups is 1. The van der Waals surface area contributed by atoms with Gasteiger partial charge in [-0.15, -0.1) is 0 Å². The minimum absolute atomic E-state index is 0.0280. The van der Waals surface area contributed by atoms with Gasteiger partial charge >= 0.3 is 5.69 Å². The van der Waals surface area contributed by atoms with Gasteiger partial charge in [0.05, 0.1) is 4.90 Å².